The highest BCUT2D eigenvalue weighted by Gasteiger charge is 1.98. The average Bonchev–Trinajstić information content (AvgIpc) is 2.11. The summed E-state index contributed by atoms with van der Waals surface area (Å²) in [6, 6.07) is 0. The van der Waals surface area contributed by atoms with E-state index in [4.69, 9.17) is 0 Å². The third-order valence-corrected chi connectivity index (χ3v) is 1.78. The minimum absolute atomic E-state index is 0.737. The van der Waals surface area contributed by atoms with Crippen LogP contribution in [0, 0.1) is 0 Å². The fourth-order valence-electron chi connectivity index (χ4n) is 0.980. The quantitative estimate of drug-likeness (QED) is 0.376. The summed E-state index contributed by atoms with van der Waals surface area (Å²) in [6.45, 7) is 6.85. The molecular formula is C8H19N3O. The van der Waals surface area contributed by atoms with Crippen molar-refractivity contribution < 1.29 is 4.79 Å². The Hall–Kier alpha value is -0.610. The van der Waals surface area contributed by atoms with E-state index in [2.05, 4.69) is 22.5 Å². The summed E-state index contributed by atoms with van der Waals surface area (Å²) < 4.78 is 0. The summed E-state index contributed by atoms with van der Waals surface area (Å²) >= 11 is 0. The maximum absolute atomic E-state index is 9.95. The summed E-state index contributed by atoms with van der Waals surface area (Å²) in [6.07, 6.45) is 0.742. The molecule has 0 rings (SSSR count). The van der Waals surface area contributed by atoms with E-state index >= 15 is 0 Å². The third kappa shape index (κ3) is 6.12. The predicted octanol–water partition coefficient (Wildman–Crippen LogP) is -0.726. The van der Waals surface area contributed by atoms with Crippen LogP contribution in [0.25, 0.3) is 0 Å². The highest BCUT2D eigenvalue weighted by molar-refractivity contribution is 5.45. The molecule has 0 aliphatic carbocycles. The van der Waals surface area contributed by atoms with Gasteiger partial charge in [-0.05, 0) is 13.6 Å². The molecule has 72 valence electrons. The second kappa shape index (κ2) is 8.49. The van der Waals surface area contributed by atoms with Crippen LogP contribution < -0.4 is 10.6 Å². The van der Waals surface area contributed by atoms with Crippen LogP contribution in [0.1, 0.15) is 6.92 Å². The van der Waals surface area contributed by atoms with Crippen molar-refractivity contribution in [2.45, 2.75) is 6.92 Å². The first-order chi connectivity index (χ1) is 5.85. The van der Waals surface area contributed by atoms with Crippen molar-refractivity contribution >= 4 is 6.41 Å². The predicted molar refractivity (Wildman–Crippen MR) is 50.1 cm³/mol. The van der Waals surface area contributed by atoms with Crippen LogP contribution in [0.4, 0.5) is 0 Å². The highest BCUT2D eigenvalue weighted by atomic mass is 16.1. The molecule has 2 N–H and O–H groups in total. The summed E-state index contributed by atoms with van der Waals surface area (Å²) in [4.78, 5) is 12.2. The maximum Gasteiger partial charge on any atom is 0.207 e. The van der Waals surface area contributed by atoms with Crippen LogP contribution in [0.2, 0.25) is 0 Å². The first kappa shape index (κ1) is 11.4. The summed E-state index contributed by atoms with van der Waals surface area (Å²) in [7, 11) is 1.94. The molecule has 0 atom stereocenters. The van der Waals surface area contributed by atoms with Gasteiger partial charge in [-0.25, -0.2) is 0 Å². The van der Waals surface area contributed by atoms with Gasteiger partial charge in [0, 0.05) is 26.2 Å². The van der Waals surface area contributed by atoms with E-state index in [1.807, 2.05) is 7.05 Å². The Morgan fingerprint density at radius 1 is 1.33 bits per heavy atom. The normalized spacial score (nSPS) is 10.2. The van der Waals surface area contributed by atoms with Gasteiger partial charge < -0.3 is 15.5 Å². The molecule has 4 nitrogen and oxygen atoms in total. The summed E-state index contributed by atoms with van der Waals surface area (Å²) in [5, 5.41) is 5.74. The van der Waals surface area contributed by atoms with E-state index in [0.29, 0.717) is 0 Å². The van der Waals surface area contributed by atoms with Crippen molar-refractivity contribution in [2.75, 3.05) is 39.8 Å². The number of amides is 1. The second-order valence-corrected chi connectivity index (χ2v) is 2.61. The maximum atomic E-state index is 9.95. The third-order valence-electron chi connectivity index (χ3n) is 1.78. The van der Waals surface area contributed by atoms with E-state index in [-0.39, 0.29) is 0 Å². The molecular weight excluding hydrogens is 154 g/mol. The molecule has 0 aliphatic rings. The van der Waals surface area contributed by atoms with Gasteiger partial charge in [0.2, 0.25) is 6.41 Å². The van der Waals surface area contributed by atoms with Gasteiger partial charge in [0.05, 0.1) is 0 Å². The smallest absolute Gasteiger partial charge is 0.207 e. The number of carbonyl (C=O) groups is 1. The molecule has 1 amide bonds. The fourth-order valence-corrected chi connectivity index (χ4v) is 0.980. The zero-order chi connectivity index (χ0) is 9.23. The monoisotopic (exact) mass is 173 g/mol. The fraction of sp³-hybridized carbons (Fsp3) is 0.875. The molecule has 0 radical (unpaired) electrons. The van der Waals surface area contributed by atoms with Gasteiger partial charge in [-0.15, -0.1) is 0 Å². The van der Waals surface area contributed by atoms with E-state index in [9.17, 15) is 4.79 Å². The number of rotatable bonds is 8. The van der Waals surface area contributed by atoms with E-state index in [1.54, 1.807) is 0 Å². The van der Waals surface area contributed by atoms with Crippen molar-refractivity contribution in [2.24, 2.45) is 0 Å². The molecule has 0 aromatic heterocycles. The molecule has 0 spiro atoms. The lowest BCUT2D eigenvalue weighted by Crippen LogP contribution is -2.35. The largest absolute Gasteiger partial charge is 0.357 e. The lowest BCUT2D eigenvalue weighted by atomic mass is 10.4. The standard InChI is InChI=1S/C8H19N3O/c1-3-11(6-4-9-2)7-5-10-8-12/h8-9H,3-7H2,1-2H3,(H,10,12). The number of nitrogens with one attached hydrogen (secondary N) is 2. The Bertz CT molecular complexity index is 108. The van der Waals surface area contributed by atoms with Gasteiger partial charge in [-0.3, -0.25) is 4.79 Å². The molecule has 0 bridgehead atoms. The van der Waals surface area contributed by atoms with Gasteiger partial charge in [0.15, 0.2) is 0 Å². The Labute approximate surface area is 74.3 Å². The molecule has 0 aromatic carbocycles. The molecule has 0 heterocycles. The zero-order valence-corrected chi connectivity index (χ0v) is 7.97. The lowest BCUT2D eigenvalue weighted by molar-refractivity contribution is -0.109. The van der Waals surface area contributed by atoms with E-state index < -0.39 is 0 Å². The number of hydrogen-bond acceptors (Lipinski definition) is 3. The first-order valence-electron chi connectivity index (χ1n) is 4.39. The Balaban J connectivity index is 3.32. The SMILES string of the molecule is CCN(CCNC)CCNC=O. The van der Waals surface area contributed by atoms with Crippen molar-refractivity contribution in [3.05, 3.63) is 0 Å². The van der Waals surface area contributed by atoms with Crippen molar-refractivity contribution in [1.82, 2.24) is 15.5 Å². The molecule has 0 aromatic rings. The topological polar surface area (TPSA) is 44.4 Å². The highest BCUT2D eigenvalue weighted by Crippen LogP contribution is 1.83. The Morgan fingerprint density at radius 2 is 2.00 bits per heavy atom. The average molecular weight is 173 g/mol. The Kier molecular flexibility index (Phi) is 8.05. The van der Waals surface area contributed by atoms with E-state index in [1.165, 1.54) is 0 Å². The van der Waals surface area contributed by atoms with Crippen LogP contribution in [0.3, 0.4) is 0 Å². The van der Waals surface area contributed by atoms with Crippen LogP contribution in [0.5, 0.6) is 0 Å². The van der Waals surface area contributed by atoms with Crippen molar-refractivity contribution in [1.29, 1.82) is 0 Å². The van der Waals surface area contributed by atoms with Crippen LogP contribution >= 0.6 is 0 Å². The zero-order valence-electron chi connectivity index (χ0n) is 7.97. The summed E-state index contributed by atoms with van der Waals surface area (Å²) in [5.74, 6) is 0. The number of likely N-dealkylation sites (N-methyl/N-ethyl adjacent to an activating group) is 2. The number of hydrogen-bond donors (Lipinski definition) is 2. The van der Waals surface area contributed by atoms with Crippen molar-refractivity contribution in [3.63, 3.8) is 0 Å². The lowest BCUT2D eigenvalue weighted by Gasteiger charge is -2.19. The van der Waals surface area contributed by atoms with Gasteiger partial charge in [-0.1, -0.05) is 6.92 Å². The van der Waals surface area contributed by atoms with E-state index in [0.717, 1.165) is 39.1 Å². The second-order valence-electron chi connectivity index (χ2n) is 2.61. The van der Waals surface area contributed by atoms with Gasteiger partial charge in [0.25, 0.3) is 0 Å². The molecule has 0 fully saturated rings. The molecule has 0 unspecified atom stereocenters. The van der Waals surface area contributed by atoms with Crippen LogP contribution in [0.15, 0.2) is 0 Å². The first-order valence-corrected chi connectivity index (χ1v) is 4.39. The number of carbonyl (C=O) groups excluding carboxylic acids is 1. The minimum atomic E-state index is 0.737. The van der Waals surface area contributed by atoms with Crippen molar-refractivity contribution in [3.8, 4) is 0 Å². The molecule has 4 heteroatoms. The number of nitrogens with zero attached hydrogens (tertiary/aromatic N) is 1. The molecule has 0 saturated heterocycles. The van der Waals surface area contributed by atoms with Gasteiger partial charge in [-0.2, -0.15) is 0 Å². The van der Waals surface area contributed by atoms with Gasteiger partial charge in [0.1, 0.15) is 0 Å². The minimum Gasteiger partial charge on any atom is -0.357 e. The summed E-state index contributed by atoms with van der Waals surface area (Å²) in [5.41, 5.74) is 0. The molecule has 12 heavy (non-hydrogen) atoms. The van der Waals surface area contributed by atoms with Crippen LogP contribution in [-0.2, 0) is 4.79 Å². The van der Waals surface area contributed by atoms with Crippen LogP contribution in [-0.4, -0.2) is 51.1 Å². The molecule has 0 aliphatic heterocycles. The Morgan fingerprint density at radius 3 is 2.50 bits per heavy atom. The molecule has 0 saturated carbocycles. The van der Waals surface area contributed by atoms with Gasteiger partial charge >= 0.3 is 0 Å².